The largest absolute Gasteiger partial charge is 0.415 e. The Morgan fingerprint density at radius 3 is 2.15 bits per heavy atom. The summed E-state index contributed by atoms with van der Waals surface area (Å²) in [7, 11) is 0. The van der Waals surface area contributed by atoms with Crippen molar-refractivity contribution in [2.75, 3.05) is 37.6 Å². The molecule has 0 spiro atoms. The SMILES string of the molecule is OC(CN1CCN(c2ccc(Cl)cc2)CC1)C(F)(F)F. The summed E-state index contributed by atoms with van der Waals surface area (Å²) >= 11 is 5.81. The van der Waals surface area contributed by atoms with Gasteiger partial charge in [-0.05, 0) is 24.3 Å². The van der Waals surface area contributed by atoms with Crippen molar-refractivity contribution >= 4 is 17.3 Å². The summed E-state index contributed by atoms with van der Waals surface area (Å²) in [6, 6.07) is 7.36. The Bertz CT molecular complexity index is 430. The molecule has 0 aromatic heterocycles. The summed E-state index contributed by atoms with van der Waals surface area (Å²) in [5.74, 6) is 0. The van der Waals surface area contributed by atoms with Gasteiger partial charge in [0.05, 0.1) is 0 Å². The topological polar surface area (TPSA) is 26.7 Å². The summed E-state index contributed by atoms with van der Waals surface area (Å²) in [4.78, 5) is 3.72. The maximum atomic E-state index is 12.3. The third kappa shape index (κ3) is 4.01. The van der Waals surface area contributed by atoms with Crippen LogP contribution in [0.3, 0.4) is 0 Å². The number of alkyl halides is 3. The minimum Gasteiger partial charge on any atom is -0.382 e. The van der Waals surface area contributed by atoms with E-state index in [1.807, 2.05) is 12.1 Å². The maximum Gasteiger partial charge on any atom is 0.415 e. The van der Waals surface area contributed by atoms with Crippen LogP contribution in [-0.4, -0.2) is 55.0 Å². The van der Waals surface area contributed by atoms with Gasteiger partial charge in [0, 0.05) is 43.4 Å². The summed E-state index contributed by atoms with van der Waals surface area (Å²) in [6.07, 6.45) is -6.82. The van der Waals surface area contributed by atoms with E-state index in [9.17, 15) is 13.2 Å². The van der Waals surface area contributed by atoms with Crippen molar-refractivity contribution in [3.05, 3.63) is 29.3 Å². The molecule has 20 heavy (non-hydrogen) atoms. The Morgan fingerprint density at radius 2 is 1.65 bits per heavy atom. The fraction of sp³-hybridized carbons (Fsp3) is 0.538. The highest BCUT2D eigenvalue weighted by atomic mass is 35.5. The van der Waals surface area contributed by atoms with Gasteiger partial charge >= 0.3 is 6.18 Å². The number of rotatable bonds is 3. The molecule has 0 radical (unpaired) electrons. The average Bonchev–Trinajstić information content (AvgIpc) is 2.39. The highest BCUT2D eigenvalue weighted by Crippen LogP contribution is 2.22. The summed E-state index contributed by atoms with van der Waals surface area (Å²) in [5.41, 5.74) is 1.01. The molecule has 1 aromatic rings. The molecular formula is C13H16ClF3N2O. The number of piperazine rings is 1. The molecule has 1 N–H and O–H groups in total. The second kappa shape index (κ2) is 6.20. The molecule has 2 rings (SSSR count). The van der Waals surface area contributed by atoms with E-state index in [1.165, 1.54) is 0 Å². The predicted octanol–water partition coefficient (Wildman–Crippen LogP) is 2.39. The summed E-state index contributed by atoms with van der Waals surface area (Å²) < 4.78 is 36.9. The van der Waals surface area contributed by atoms with Crippen LogP contribution in [0.1, 0.15) is 0 Å². The van der Waals surface area contributed by atoms with Gasteiger partial charge in [0.25, 0.3) is 0 Å². The normalized spacial score (nSPS) is 19.1. The van der Waals surface area contributed by atoms with E-state index in [-0.39, 0.29) is 6.54 Å². The highest BCUT2D eigenvalue weighted by molar-refractivity contribution is 6.30. The lowest BCUT2D eigenvalue weighted by atomic mass is 10.2. The third-order valence-electron chi connectivity index (χ3n) is 3.37. The second-order valence-electron chi connectivity index (χ2n) is 4.82. The van der Waals surface area contributed by atoms with Gasteiger partial charge in [0.15, 0.2) is 6.10 Å². The Labute approximate surface area is 120 Å². The number of hydrogen-bond acceptors (Lipinski definition) is 3. The van der Waals surface area contributed by atoms with E-state index in [1.54, 1.807) is 17.0 Å². The molecule has 0 bridgehead atoms. The van der Waals surface area contributed by atoms with Crippen molar-refractivity contribution in [1.29, 1.82) is 0 Å². The van der Waals surface area contributed by atoms with Gasteiger partial charge in [0.1, 0.15) is 0 Å². The zero-order valence-electron chi connectivity index (χ0n) is 10.8. The Kier molecular flexibility index (Phi) is 4.78. The highest BCUT2D eigenvalue weighted by Gasteiger charge is 2.39. The van der Waals surface area contributed by atoms with E-state index in [0.29, 0.717) is 31.2 Å². The minimum absolute atomic E-state index is 0.363. The Hall–Kier alpha value is -0.980. The van der Waals surface area contributed by atoms with E-state index in [2.05, 4.69) is 4.90 Å². The van der Waals surface area contributed by atoms with Crippen LogP contribution in [0.4, 0.5) is 18.9 Å². The zero-order valence-corrected chi connectivity index (χ0v) is 11.5. The molecule has 1 fully saturated rings. The molecule has 0 saturated carbocycles. The average molecular weight is 309 g/mol. The quantitative estimate of drug-likeness (QED) is 0.929. The number of halogens is 4. The number of aliphatic hydroxyl groups is 1. The van der Waals surface area contributed by atoms with Crippen LogP contribution in [0.5, 0.6) is 0 Å². The van der Waals surface area contributed by atoms with Crippen LogP contribution in [0.2, 0.25) is 5.02 Å². The molecule has 1 atom stereocenters. The lowest BCUT2D eigenvalue weighted by Gasteiger charge is -2.37. The number of nitrogens with zero attached hydrogens (tertiary/aromatic N) is 2. The van der Waals surface area contributed by atoms with Crippen LogP contribution in [0, 0.1) is 0 Å². The van der Waals surface area contributed by atoms with Crippen LogP contribution in [0.25, 0.3) is 0 Å². The minimum atomic E-state index is -4.55. The van der Waals surface area contributed by atoms with Crippen molar-refractivity contribution in [3.8, 4) is 0 Å². The number of aliphatic hydroxyl groups excluding tert-OH is 1. The van der Waals surface area contributed by atoms with Crippen molar-refractivity contribution < 1.29 is 18.3 Å². The molecule has 1 aliphatic rings. The van der Waals surface area contributed by atoms with E-state index in [0.717, 1.165) is 5.69 Å². The van der Waals surface area contributed by atoms with Gasteiger partial charge in [-0.15, -0.1) is 0 Å². The molecular weight excluding hydrogens is 293 g/mol. The molecule has 1 aliphatic heterocycles. The number of anilines is 1. The maximum absolute atomic E-state index is 12.3. The molecule has 1 aromatic carbocycles. The molecule has 3 nitrogen and oxygen atoms in total. The summed E-state index contributed by atoms with van der Waals surface area (Å²) in [6.45, 7) is 1.89. The van der Waals surface area contributed by atoms with Crippen molar-refractivity contribution in [2.45, 2.75) is 12.3 Å². The second-order valence-corrected chi connectivity index (χ2v) is 5.26. The molecule has 1 heterocycles. The van der Waals surface area contributed by atoms with E-state index < -0.39 is 12.3 Å². The van der Waals surface area contributed by atoms with Crippen molar-refractivity contribution in [1.82, 2.24) is 4.90 Å². The van der Waals surface area contributed by atoms with Crippen LogP contribution < -0.4 is 4.90 Å². The molecule has 0 amide bonds. The standard InChI is InChI=1S/C13H16ClF3N2O/c14-10-1-3-11(4-2-10)19-7-5-18(6-8-19)9-12(20)13(15,16)17/h1-4,12,20H,5-9H2. The van der Waals surface area contributed by atoms with Crippen LogP contribution >= 0.6 is 11.6 Å². The fourth-order valence-electron chi connectivity index (χ4n) is 2.19. The molecule has 112 valence electrons. The third-order valence-corrected chi connectivity index (χ3v) is 3.63. The van der Waals surface area contributed by atoms with Gasteiger partial charge in [-0.2, -0.15) is 13.2 Å². The van der Waals surface area contributed by atoms with Crippen molar-refractivity contribution in [3.63, 3.8) is 0 Å². The van der Waals surface area contributed by atoms with Gasteiger partial charge in [-0.1, -0.05) is 11.6 Å². The monoisotopic (exact) mass is 308 g/mol. The predicted molar refractivity (Wildman–Crippen MR) is 72.2 cm³/mol. The lowest BCUT2D eigenvalue weighted by molar-refractivity contribution is -0.208. The molecule has 0 aliphatic carbocycles. The number of benzene rings is 1. The first-order valence-corrected chi connectivity index (χ1v) is 6.72. The van der Waals surface area contributed by atoms with Crippen molar-refractivity contribution in [2.24, 2.45) is 0 Å². The Balaban J connectivity index is 1.85. The van der Waals surface area contributed by atoms with Crippen LogP contribution in [-0.2, 0) is 0 Å². The first-order valence-electron chi connectivity index (χ1n) is 6.34. The Morgan fingerprint density at radius 1 is 1.10 bits per heavy atom. The summed E-state index contributed by atoms with van der Waals surface area (Å²) in [5, 5.41) is 9.71. The molecule has 7 heteroatoms. The number of β-amino-alcohol motifs (C(OH)–C–C–N with tert-alkyl or cyclic N) is 1. The first kappa shape index (κ1) is 15.4. The van der Waals surface area contributed by atoms with E-state index >= 15 is 0 Å². The van der Waals surface area contributed by atoms with Gasteiger partial charge in [-0.3, -0.25) is 4.90 Å². The smallest absolute Gasteiger partial charge is 0.382 e. The fourth-order valence-corrected chi connectivity index (χ4v) is 2.31. The van der Waals surface area contributed by atoms with Gasteiger partial charge in [0.2, 0.25) is 0 Å². The van der Waals surface area contributed by atoms with Gasteiger partial charge in [-0.25, -0.2) is 0 Å². The van der Waals surface area contributed by atoms with Crippen LogP contribution in [0.15, 0.2) is 24.3 Å². The number of hydrogen-bond donors (Lipinski definition) is 1. The molecule has 1 unspecified atom stereocenters. The van der Waals surface area contributed by atoms with Gasteiger partial charge < -0.3 is 10.0 Å². The zero-order chi connectivity index (χ0) is 14.8. The molecule has 1 saturated heterocycles. The first-order chi connectivity index (χ1) is 9.36. The van der Waals surface area contributed by atoms with E-state index in [4.69, 9.17) is 16.7 Å². The lowest BCUT2D eigenvalue weighted by Crippen LogP contribution is -2.50.